The number of amides is 1. The van der Waals surface area contributed by atoms with Crippen LogP contribution in [0.3, 0.4) is 0 Å². The minimum Gasteiger partial charge on any atom is -0.481 e. The van der Waals surface area contributed by atoms with Crippen molar-refractivity contribution in [2.24, 2.45) is 11.8 Å². The number of nitrogens with one attached hydrogen (secondary N) is 1. The molecule has 0 radical (unpaired) electrons. The van der Waals surface area contributed by atoms with E-state index in [-0.39, 0.29) is 35.4 Å². The van der Waals surface area contributed by atoms with E-state index >= 15 is 0 Å². The molecular weight excluding hydrogens is 325 g/mol. The molecule has 0 spiro atoms. The first-order valence-electron chi connectivity index (χ1n) is 7.96. The summed E-state index contributed by atoms with van der Waals surface area (Å²) < 4.78 is 13.8. The van der Waals surface area contributed by atoms with Crippen molar-refractivity contribution in [3.63, 3.8) is 0 Å². The molecule has 1 saturated heterocycles. The minimum absolute atomic E-state index is 0.124. The first kappa shape index (κ1) is 16.9. The lowest BCUT2D eigenvalue weighted by Crippen LogP contribution is -2.30. The third-order valence-electron chi connectivity index (χ3n) is 4.38. The van der Waals surface area contributed by atoms with Gasteiger partial charge in [-0.05, 0) is 30.2 Å². The fourth-order valence-electron chi connectivity index (χ4n) is 2.99. The molecule has 2 N–H and O–H groups in total. The van der Waals surface area contributed by atoms with Gasteiger partial charge in [-0.1, -0.05) is 19.1 Å². The summed E-state index contributed by atoms with van der Waals surface area (Å²) in [5, 5.41) is 12.1. The normalized spacial score (nSPS) is 19.7. The summed E-state index contributed by atoms with van der Waals surface area (Å²) in [5.74, 6) is -2.14. The van der Waals surface area contributed by atoms with E-state index in [9.17, 15) is 19.1 Å². The number of carbonyl (C=O) groups excluding carboxylic acids is 1. The van der Waals surface area contributed by atoms with Crippen molar-refractivity contribution < 1.29 is 19.1 Å². The highest BCUT2D eigenvalue weighted by atomic mass is 19.1. The van der Waals surface area contributed by atoms with E-state index in [0.717, 1.165) is 0 Å². The zero-order valence-corrected chi connectivity index (χ0v) is 13.6. The van der Waals surface area contributed by atoms with Crippen molar-refractivity contribution in [2.45, 2.75) is 6.92 Å². The number of aromatic nitrogens is 1. The lowest BCUT2D eigenvalue weighted by atomic mass is 9.99. The molecule has 1 amide bonds. The van der Waals surface area contributed by atoms with E-state index in [1.54, 1.807) is 30.3 Å². The Morgan fingerprint density at radius 3 is 2.68 bits per heavy atom. The van der Waals surface area contributed by atoms with Crippen LogP contribution in [0.2, 0.25) is 0 Å². The summed E-state index contributed by atoms with van der Waals surface area (Å²) in [6, 6.07) is 9.33. The van der Waals surface area contributed by atoms with E-state index in [4.69, 9.17) is 0 Å². The van der Waals surface area contributed by atoms with Crippen LogP contribution in [0, 0.1) is 17.7 Å². The van der Waals surface area contributed by atoms with Crippen molar-refractivity contribution in [1.29, 1.82) is 0 Å². The summed E-state index contributed by atoms with van der Waals surface area (Å²) in [6.07, 6.45) is 1.51. The second-order valence-corrected chi connectivity index (χ2v) is 6.14. The zero-order chi connectivity index (χ0) is 18.0. The largest absolute Gasteiger partial charge is 0.481 e. The van der Waals surface area contributed by atoms with Gasteiger partial charge in [-0.25, -0.2) is 9.37 Å². The molecule has 3 rings (SSSR count). The molecule has 0 aliphatic carbocycles. The van der Waals surface area contributed by atoms with Crippen LogP contribution in [0.15, 0.2) is 42.6 Å². The van der Waals surface area contributed by atoms with Gasteiger partial charge in [0.1, 0.15) is 11.6 Å². The first-order chi connectivity index (χ1) is 12.0. The van der Waals surface area contributed by atoms with Gasteiger partial charge in [0.15, 0.2) is 0 Å². The third kappa shape index (κ3) is 3.45. The summed E-state index contributed by atoms with van der Waals surface area (Å²) in [6.45, 7) is 2.33. The predicted molar refractivity (Wildman–Crippen MR) is 90.1 cm³/mol. The monoisotopic (exact) mass is 343 g/mol. The molecule has 6 nitrogen and oxygen atoms in total. The number of rotatable bonds is 4. The minimum atomic E-state index is -0.904. The smallest absolute Gasteiger partial charge is 0.308 e. The predicted octanol–water partition coefficient (Wildman–Crippen LogP) is 2.76. The Labute approximate surface area is 144 Å². The highest BCUT2D eigenvalue weighted by Gasteiger charge is 2.37. The van der Waals surface area contributed by atoms with Gasteiger partial charge in [-0.3, -0.25) is 9.59 Å². The van der Waals surface area contributed by atoms with E-state index < -0.39 is 17.7 Å². The van der Waals surface area contributed by atoms with Gasteiger partial charge in [0.05, 0.1) is 17.2 Å². The van der Waals surface area contributed by atoms with Gasteiger partial charge < -0.3 is 15.3 Å². The second kappa shape index (κ2) is 6.88. The second-order valence-electron chi connectivity index (χ2n) is 6.14. The maximum atomic E-state index is 13.8. The lowest BCUT2D eigenvalue weighted by molar-refractivity contribution is -0.142. The number of carboxylic acid groups (broad SMARTS) is 1. The van der Waals surface area contributed by atoms with Crippen molar-refractivity contribution >= 4 is 23.4 Å². The molecule has 0 saturated carbocycles. The number of anilines is 2. The van der Waals surface area contributed by atoms with Gasteiger partial charge in [0.2, 0.25) is 0 Å². The molecule has 1 fully saturated rings. The number of hydrogen-bond acceptors (Lipinski definition) is 4. The quantitative estimate of drug-likeness (QED) is 0.892. The summed E-state index contributed by atoms with van der Waals surface area (Å²) in [5.41, 5.74) is 0.498. The lowest BCUT2D eigenvalue weighted by Gasteiger charge is -2.18. The average molecular weight is 343 g/mol. The van der Waals surface area contributed by atoms with Crippen molar-refractivity contribution in [1.82, 2.24) is 9.88 Å². The number of para-hydroxylation sites is 1. The Kier molecular flexibility index (Phi) is 4.65. The zero-order valence-electron chi connectivity index (χ0n) is 13.6. The molecule has 1 aliphatic heterocycles. The molecule has 1 aliphatic rings. The van der Waals surface area contributed by atoms with Crippen molar-refractivity contribution in [2.75, 3.05) is 18.4 Å². The molecule has 0 bridgehead atoms. The topological polar surface area (TPSA) is 82.5 Å². The standard InChI is InChI=1S/C18H18FN3O3/c1-11-9-22(10-13(11)18(24)25)17(23)12-5-4-8-20-16(12)21-15-7-3-2-6-14(15)19/h2-8,11,13H,9-10H2,1H3,(H,20,21)(H,24,25)/t11-,13-/m1/s1. The maximum Gasteiger partial charge on any atom is 0.308 e. The van der Waals surface area contributed by atoms with E-state index in [0.29, 0.717) is 6.54 Å². The number of carbonyl (C=O) groups is 2. The highest BCUT2D eigenvalue weighted by Crippen LogP contribution is 2.27. The van der Waals surface area contributed by atoms with Gasteiger partial charge >= 0.3 is 5.97 Å². The number of carboxylic acids is 1. The molecule has 1 aromatic heterocycles. The molecule has 2 heterocycles. The summed E-state index contributed by atoms with van der Waals surface area (Å²) in [7, 11) is 0. The van der Waals surface area contributed by atoms with Gasteiger partial charge in [0.25, 0.3) is 5.91 Å². The van der Waals surface area contributed by atoms with Crippen LogP contribution >= 0.6 is 0 Å². The Hall–Kier alpha value is -2.96. The van der Waals surface area contributed by atoms with Gasteiger partial charge in [0, 0.05) is 19.3 Å². The van der Waals surface area contributed by atoms with Gasteiger partial charge in [-0.2, -0.15) is 0 Å². The molecule has 0 unspecified atom stereocenters. The van der Waals surface area contributed by atoms with Crippen molar-refractivity contribution in [3.8, 4) is 0 Å². The van der Waals surface area contributed by atoms with Crippen LogP contribution in [-0.2, 0) is 4.79 Å². The number of nitrogens with zero attached hydrogens (tertiary/aromatic N) is 2. The summed E-state index contributed by atoms with van der Waals surface area (Å²) >= 11 is 0. The van der Waals surface area contributed by atoms with Crippen molar-refractivity contribution in [3.05, 3.63) is 54.0 Å². The van der Waals surface area contributed by atoms with Crippen LogP contribution < -0.4 is 5.32 Å². The first-order valence-corrected chi connectivity index (χ1v) is 7.96. The van der Waals surface area contributed by atoms with Crippen LogP contribution in [0.1, 0.15) is 17.3 Å². The Morgan fingerprint density at radius 1 is 1.24 bits per heavy atom. The molecule has 1 aromatic carbocycles. The van der Waals surface area contributed by atoms with Crippen LogP contribution in [0.5, 0.6) is 0 Å². The molecule has 25 heavy (non-hydrogen) atoms. The third-order valence-corrected chi connectivity index (χ3v) is 4.38. The Bertz CT molecular complexity index is 812. The molecule has 130 valence electrons. The van der Waals surface area contributed by atoms with Crippen LogP contribution in [-0.4, -0.2) is 40.0 Å². The van der Waals surface area contributed by atoms with E-state index in [1.165, 1.54) is 17.2 Å². The maximum absolute atomic E-state index is 13.8. The fourth-order valence-corrected chi connectivity index (χ4v) is 2.99. The SMILES string of the molecule is C[C@@H]1CN(C(=O)c2cccnc2Nc2ccccc2F)C[C@H]1C(=O)O. The number of likely N-dealkylation sites (tertiary alicyclic amines) is 1. The number of aliphatic carboxylic acids is 1. The van der Waals surface area contributed by atoms with Crippen LogP contribution in [0.25, 0.3) is 0 Å². The summed E-state index contributed by atoms with van der Waals surface area (Å²) in [4.78, 5) is 29.7. The van der Waals surface area contributed by atoms with E-state index in [2.05, 4.69) is 10.3 Å². The van der Waals surface area contributed by atoms with E-state index in [1.807, 2.05) is 6.92 Å². The number of halogens is 1. The number of benzene rings is 1. The average Bonchev–Trinajstić information content (AvgIpc) is 2.99. The highest BCUT2D eigenvalue weighted by molar-refractivity contribution is 5.99. The Morgan fingerprint density at radius 2 is 2.00 bits per heavy atom. The van der Waals surface area contributed by atoms with Gasteiger partial charge in [-0.15, -0.1) is 0 Å². The molecule has 2 atom stereocenters. The molecule has 7 heteroatoms. The molecule has 2 aromatic rings. The van der Waals surface area contributed by atoms with Crippen LogP contribution in [0.4, 0.5) is 15.9 Å². The Balaban J connectivity index is 1.85. The number of hydrogen-bond donors (Lipinski definition) is 2. The fraction of sp³-hybridized carbons (Fsp3) is 0.278. The molecular formula is C18H18FN3O3. The number of pyridine rings is 1.